The van der Waals surface area contributed by atoms with Gasteiger partial charge in [-0.05, 0) is 44.6 Å². The van der Waals surface area contributed by atoms with Crippen LogP contribution in [0.2, 0.25) is 0 Å². The Balaban J connectivity index is 1.96. The van der Waals surface area contributed by atoms with Gasteiger partial charge in [0.25, 0.3) is 5.91 Å². The van der Waals surface area contributed by atoms with Crippen LogP contribution >= 0.6 is 0 Å². The molecule has 1 amide bonds. The van der Waals surface area contributed by atoms with Crippen molar-refractivity contribution in [1.82, 2.24) is 15.1 Å². The Labute approximate surface area is 130 Å². The second kappa shape index (κ2) is 7.42. The number of carbonyl (C=O) groups excluding carboxylic acids is 1. The number of carboxylic acid groups (broad SMARTS) is 1. The average Bonchev–Trinajstić information content (AvgIpc) is 2.98. The maximum absolute atomic E-state index is 12.5. The predicted molar refractivity (Wildman–Crippen MR) is 82.7 cm³/mol. The molecule has 0 aromatic carbocycles. The Morgan fingerprint density at radius 3 is 2.50 bits per heavy atom. The molecule has 1 aromatic rings. The van der Waals surface area contributed by atoms with Gasteiger partial charge >= 0.3 is 5.97 Å². The summed E-state index contributed by atoms with van der Waals surface area (Å²) >= 11 is 0. The van der Waals surface area contributed by atoms with Gasteiger partial charge in [-0.3, -0.25) is 14.3 Å². The monoisotopic (exact) mass is 307 g/mol. The second-order valence-corrected chi connectivity index (χ2v) is 5.99. The first-order valence-electron chi connectivity index (χ1n) is 8.13. The molecule has 1 aliphatic carbocycles. The smallest absolute Gasteiger partial charge is 0.306 e. The first kappa shape index (κ1) is 16.5. The number of rotatable bonds is 6. The lowest BCUT2D eigenvalue weighted by molar-refractivity contribution is -0.142. The van der Waals surface area contributed by atoms with Crippen LogP contribution in [0.25, 0.3) is 0 Å². The second-order valence-electron chi connectivity index (χ2n) is 5.99. The molecular formula is C16H25N3O3. The van der Waals surface area contributed by atoms with Crippen molar-refractivity contribution in [1.29, 1.82) is 0 Å². The SMILES string of the molecule is CCC(CC)n1nccc1C(=O)NC1CCC(C(=O)O)CC1. The van der Waals surface area contributed by atoms with E-state index in [0.717, 1.165) is 25.7 Å². The molecule has 0 unspecified atom stereocenters. The summed E-state index contributed by atoms with van der Waals surface area (Å²) in [5.74, 6) is -1.09. The van der Waals surface area contributed by atoms with Crippen LogP contribution in [0.5, 0.6) is 0 Å². The molecule has 2 rings (SSSR count). The van der Waals surface area contributed by atoms with Gasteiger partial charge in [-0.1, -0.05) is 13.8 Å². The number of nitrogens with one attached hydrogen (secondary N) is 1. The zero-order chi connectivity index (χ0) is 16.1. The van der Waals surface area contributed by atoms with E-state index in [4.69, 9.17) is 5.11 Å². The van der Waals surface area contributed by atoms with Crippen molar-refractivity contribution in [2.24, 2.45) is 5.92 Å². The van der Waals surface area contributed by atoms with E-state index in [2.05, 4.69) is 24.3 Å². The molecule has 6 heteroatoms. The number of hydrogen-bond donors (Lipinski definition) is 2. The van der Waals surface area contributed by atoms with Crippen molar-refractivity contribution in [3.63, 3.8) is 0 Å². The van der Waals surface area contributed by atoms with Crippen LogP contribution in [0.3, 0.4) is 0 Å². The van der Waals surface area contributed by atoms with E-state index in [1.807, 2.05) is 0 Å². The minimum absolute atomic E-state index is 0.0631. The molecule has 0 spiro atoms. The third-order valence-corrected chi connectivity index (χ3v) is 4.60. The minimum Gasteiger partial charge on any atom is -0.481 e. The number of aromatic nitrogens is 2. The normalized spacial score (nSPS) is 21.8. The van der Waals surface area contributed by atoms with Crippen molar-refractivity contribution >= 4 is 11.9 Å². The van der Waals surface area contributed by atoms with Gasteiger partial charge in [0.2, 0.25) is 0 Å². The summed E-state index contributed by atoms with van der Waals surface area (Å²) in [6.45, 7) is 4.18. The molecule has 2 N–H and O–H groups in total. The molecule has 1 aromatic heterocycles. The van der Waals surface area contributed by atoms with Crippen LogP contribution in [0.15, 0.2) is 12.3 Å². The Morgan fingerprint density at radius 1 is 1.32 bits per heavy atom. The van der Waals surface area contributed by atoms with Crippen LogP contribution in [0.4, 0.5) is 0 Å². The fourth-order valence-corrected chi connectivity index (χ4v) is 3.16. The summed E-state index contributed by atoms with van der Waals surface area (Å²) in [5.41, 5.74) is 0.592. The van der Waals surface area contributed by atoms with Gasteiger partial charge in [-0.2, -0.15) is 5.10 Å². The van der Waals surface area contributed by atoms with Crippen LogP contribution < -0.4 is 5.32 Å². The topological polar surface area (TPSA) is 84.2 Å². The van der Waals surface area contributed by atoms with Crippen molar-refractivity contribution in [3.8, 4) is 0 Å². The molecule has 1 heterocycles. The van der Waals surface area contributed by atoms with Crippen molar-refractivity contribution in [2.75, 3.05) is 0 Å². The van der Waals surface area contributed by atoms with E-state index in [1.54, 1.807) is 16.9 Å². The third kappa shape index (κ3) is 3.67. The molecule has 0 bridgehead atoms. The molecule has 0 aliphatic heterocycles. The highest BCUT2D eigenvalue weighted by molar-refractivity contribution is 5.92. The Bertz CT molecular complexity index is 514. The zero-order valence-corrected chi connectivity index (χ0v) is 13.3. The van der Waals surface area contributed by atoms with E-state index >= 15 is 0 Å². The molecule has 1 saturated carbocycles. The van der Waals surface area contributed by atoms with E-state index in [1.165, 1.54) is 0 Å². The zero-order valence-electron chi connectivity index (χ0n) is 13.3. The van der Waals surface area contributed by atoms with Gasteiger partial charge in [0.1, 0.15) is 5.69 Å². The molecule has 0 saturated heterocycles. The van der Waals surface area contributed by atoms with Crippen molar-refractivity contribution < 1.29 is 14.7 Å². The number of nitrogens with zero attached hydrogens (tertiary/aromatic N) is 2. The van der Waals surface area contributed by atoms with E-state index < -0.39 is 5.97 Å². The number of amides is 1. The highest BCUT2D eigenvalue weighted by Crippen LogP contribution is 2.25. The molecule has 122 valence electrons. The third-order valence-electron chi connectivity index (χ3n) is 4.60. The lowest BCUT2D eigenvalue weighted by atomic mass is 9.86. The van der Waals surface area contributed by atoms with E-state index in [-0.39, 0.29) is 23.9 Å². The Morgan fingerprint density at radius 2 is 1.95 bits per heavy atom. The molecular weight excluding hydrogens is 282 g/mol. The molecule has 1 fully saturated rings. The standard InChI is InChI=1S/C16H25N3O3/c1-3-13(4-2)19-14(9-10-17-19)15(20)18-12-7-5-11(6-8-12)16(21)22/h9-13H,3-8H2,1-2H3,(H,18,20)(H,21,22). The van der Waals surface area contributed by atoms with Gasteiger partial charge in [-0.25, -0.2) is 0 Å². The van der Waals surface area contributed by atoms with Gasteiger partial charge < -0.3 is 10.4 Å². The molecule has 0 atom stereocenters. The largest absolute Gasteiger partial charge is 0.481 e. The Hall–Kier alpha value is -1.85. The van der Waals surface area contributed by atoms with Gasteiger partial charge in [0.15, 0.2) is 0 Å². The first-order chi connectivity index (χ1) is 10.6. The highest BCUT2D eigenvalue weighted by atomic mass is 16.4. The fourth-order valence-electron chi connectivity index (χ4n) is 3.16. The first-order valence-corrected chi connectivity index (χ1v) is 8.13. The number of hydrogen-bond acceptors (Lipinski definition) is 3. The number of aliphatic carboxylic acids is 1. The van der Waals surface area contributed by atoms with Gasteiger partial charge in [-0.15, -0.1) is 0 Å². The molecule has 22 heavy (non-hydrogen) atoms. The Kier molecular flexibility index (Phi) is 5.57. The summed E-state index contributed by atoms with van der Waals surface area (Å²) in [6.07, 6.45) is 6.24. The van der Waals surface area contributed by atoms with Crippen LogP contribution in [-0.4, -0.2) is 32.8 Å². The van der Waals surface area contributed by atoms with Crippen LogP contribution in [0.1, 0.15) is 68.9 Å². The number of carbonyl (C=O) groups is 2. The lowest BCUT2D eigenvalue weighted by Crippen LogP contribution is -2.39. The molecule has 0 radical (unpaired) electrons. The van der Waals surface area contributed by atoms with Crippen molar-refractivity contribution in [3.05, 3.63) is 18.0 Å². The van der Waals surface area contributed by atoms with Crippen LogP contribution in [-0.2, 0) is 4.79 Å². The number of carboxylic acids is 1. The minimum atomic E-state index is -0.725. The summed E-state index contributed by atoms with van der Waals surface area (Å²) in [5, 5.41) is 16.3. The maximum Gasteiger partial charge on any atom is 0.306 e. The summed E-state index contributed by atoms with van der Waals surface area (Å²) in [7, 11) is 0. The van der Waals surface area contributed by atoms with Crippen LogP contribution in [0, 0.1) is 5.92 Å². The van der Waals surface area contributed by atoms with E-state index in [9.17, 15) is 9.59 Å². The molecule has 1 aliphatic rings. The maximum atomic E-state index is 12.5. The quantitative estimate of drug-likeness (QED) is 0.846. The molecule has 6 nitrogen and oxygen atoms in total. The fraction of sp³-hybridized carbons (Fsp3) is 0.688. The average molecular weight is 307 g/mol. The van der Waals surface area contributed by atoms with Gasteiger partial charge in [0.05, 0.1) is 12.0 Å². The van der Waals surface area contributed by atoms with Crippen molar-refractivity contribution in [2.45, 2.75) is 64.5 Å². The summed E-state index contributed by atoms with van der Waals surface area (Å²) in [4.78, 5) is 23.4. The lowest BCUT2D eigenvalue weighted by Gasteiger charge is -2.27. The summed E-state index contributed by atoms with van der Waals surface area (Å²) < 4.78 is 1.80. The predicted octanol–water partition coefficient (Wildman–Crippen LogP) is 2.62. The highest BCUT2D eigenvalue weighted by Gasteiger charge is 2.27. The van der Waals surface area contributed by atoms with Gasteiger partial charge in [0, 0.05) is 12.2 Å². The van der Waals surface area contributed by atoms with E-state index in [0.29, 0.717) is 18.5 Å². The summed E-state index contributed by atoms with van der Waals surface area (Å²) in [6, 6.07) is 2.04.